The first-order chi connectivity index (χ1) is 8.65. The molecule has 0 spiro atoms. The lowest BCUT2D eigenvalue weighted by atomic mass is 10.3. The van der Waals surface area contributed by atoms with Crippen LogP contribution in [0.5, 0.6) is 0 Å². The zero-order valence-corrected chi connectivity index (χ0v) is 9.75. The van der Waals surface area contributed by atoms with Crippen LogP contribution in [0.25, 0.3) is 0 Å². The average molecular weight is 248 g/mol. The van der Waals surface area contributed by atoms with Crippen molar-refractivity contribution in [3.8, 4) is 0 Å². The molecule has 2 heterocycles. The van der Waals surface area contributed by atoms with E-state index in [1.165, 1.54) is 12.4 Å². The maximum Gasteiger partial charge on any atom is 0.271 e. The van der Waals surface area contributed by atoms with Crippen LogP contribution in [0.15, 0.2) is 16.9 Å². The van der Waals surface area contributed by atoms with E-state index in [9.17, 15) is 4.79 Å². The van der Waals surface area contributed by atoms with Crippen molar-refractivity contribution in [2.45, 2.75) is 13.3 Å². The topological polar surface area (TPSA) is 120 Å². The number of carbonyl (C=O) groups is 1. The minimum atomic E-state index is -0.338. The van der Waals surface area contributed by atoms with E-state index in [2.05, 4.69) is 25.4 Å². The molecule has 8 nitrogen and oxygen atoms in total. The lowest BCUT2D eigenvalue weighted by Gasteiger charge is -2.02. The highest BCUT2D eigenvalue weighted by molar-refractivity contribution is 5.92. The summed E-state index contributed by atoms with van der Waals surface area (Å²) in [5.74, 6) is 0.913. The van der Waals surface area contributed by atoms with Crippen molar-refractivity contribution < 1.29 is 9.32 Å². The minimum absolute atomic E-state index is 0.180. The summed E-state index contributed by atoms with van der Waals surface area (Å²) in [6, 6.07) is 0. The van der Waals surface area contributed by atoms with Gasteiger partial charge in [-0.1, -0.05) is 5.16 Å². The molecule has 0 saturated heterocycles. The standard InChI is InChI=1S/C10H12N6O2/c1-6-14-9(16-18-6)2-3-13-10(17)7-4-12-5-8(11)15-7/h4-5H,2-3H2,1H3,(H2,11,15)(H,13,17). The van der Waals surface area contributed by atoms with Crippen molar-refractivity contribution in [2.24, 2.45) is 0 Å². The van der Waals surface area contributed by atoms with Crippen LogP contribution in [0.2, 0.25) is 0 Å². The third-order valence-corrected chi connectivity index (χ3v) is 2.09. The second-order valence-corrected chi connectivity index (χ2v) is 3.56. The van der Waals surface area contributed by atoms with E-state index in [0.29, 0.717) is 24.7 Å². The highest BCUT2D eigenvalue weighted by atomic mass is 16.5. The van der Waals surface area contributed by atoms with Gasteiger partial charge in [0.1, 0.15) is 11.5 Å². The van der Waals surface area contributed by atoms with Gasteiger partial charge in [0.2, 0.25) is 5.89 Å². The van der Waals surface area contributed by atoms with Gasteiger partial charge in [-0.05, 0) is 0 Å². The Balaban J connectivity index is 1.85. The van der Waals surface area contributed by atoms with Crippen molar-refractivity contribution in [1.29, 1.82) is 0 Å². The fourth-order valence-corrected chi connectivity index (χ4v) is 1.31. The molecule has 1 amide bonds. The predicted molar refractivity (Wildman–Crippen MR) is 61.5 cm³/mol. The molecule has 2 aromatic rings. The third kappa shape index (κ3) is 3.00. The van der Waals surface area contributed by atoms with Gasteiger partial charge in [-0.15, -0.1) is 0 Å². The number of rotatable bonds is 4. The van der Waals surface area contributed by atoms with Gasteiger partial charge in [-0.3, -0.25) is 9.78 Å². The van der Waals surface area contributed by atoms with Gasteiger partial charge >= 0.3 is 0 Å². The summed E-state index contributed by atoms with van der Waals surface area (Å²) in [5.41, 5.74) is 5.61. The van der Waals surface area contributed by atoms with Gasteiger partial charge < -0.3 is 15.6 Å². The molecule has 18 heavy (non-hydrogen) atoms. The van der Waals surface area contributed by atoms with Crippen molar-refractivity contribution in [3.63, 3.8) is 0 Å². The number of nitrogen functional groups attached to an aromatic ring is 1. The van der Waals surface area contributed by atoms with Gasteiger partial charge in [0.15, 0.2) is 5.82 Å². The molecule has 0 aliphatic rings. The molecule has 0 aromatic carbocycles. The number of nitrogens with zero attached hydrogens (tertiary/aromatic N) is 4. The van der Waals surface area contributed by atoms with E-state index in [-0.39, 0.29) is 17.4 Å². The Morgan fingerprint density at radius 1 is 1.44 bits per heavy atom. The molecule has 8 heteroatoms. The highest BCUT2D eigenvalue weighted by Crippen LogP contribution is 1.98. The van der Waals surface area contributed by atoms with Crippen LogP contribution in [-0.2, 0) is 6.42 Å². The summed E-state index contributed by atoms with van der Waals surface area (Å²) in [4.78, 5) is 23.3. The number of amides is 1. The summed E-state index contributed by atoms with van der Waals surface area (Å²) >= 11 is 0. The average Bonchev–Trinajstić information content (AvgIpc) is 2.75. The van der Waals surface area contributed by atoms with Crippen LogP contribution in [0.4, 0.5) is 5.82 Å². The second-order valence-electron chi connectivity index (χ2n) is 3.56. The van der Waals surface area contributed by atoms with Crippen molar-refractivity contribution in [3.05, 3.63) is 29.8 Å². The van der Waals surface area contributed by atoms with E-state index < -0.39 is 0 Å². The fraction of sp³-hybridized carbons (Fsp3) is 0.300. The van der Waals surface area contributed by atoms with Gasteiger partial charge in [0, 0.05) is 19.9 Å². The van der Waals surface area contributed by atoms with E-state index in [0.717, 1.165) is 0 Å². The second kappa shape index (κ2) is 5.21. The molecule has 2 rings (SSSR count). The number of nitrogens with one attached hydrogen (secondary N) is 1. The zero-order valence-electron chi connectivity index (χ0n) is 9.75. The normalized spacial score (nSPS) is 10.3. The van der Waals surface area contributed by atoms with Crippen LogP contribution in [0.3, 0.4) is 0 Å². The Hall–Kier alpha value is -2.51. The van der Waals surface area contributed by atoms with Gasteiger partial charge in [0.05, 0.1) is 12.4 Å². The van der Waals surface area contributed by atoms with E-state index >= 15 is 0 Å². The van der Waals surface area contributed by atoms with Crippen LogP contribution < -0.4 is 11.1 Å². The quantitative estimate of drug-likeness (QED) is 0.763. The van der Waals surface area contributed by atoms with Crippen molar-refractivity contribution >= 4 is 11.7 Å². The number of anilines is 1. The molecule has 0 radical (unpaired) electrons. The van der Waals surface area contributed by atoms with E-state index in [1.54, 1.807) is 6.92 Å². The first-order valence-electron chi connectivity index (χ1n) is 5.30. The molecule has 0 aliphatic carbocycles. The SMILES string of the molecule is Cc1nc(CCNC(=O)c2cncc(N)n2)no1. The Kier molecular flexibility index (Phi) is 3.46. The Labute approximate surface area is 103 Å². The predicted octanol–water partition coefficient (Wildman–Crippen LogP) is -0.277. The smallest absolute Gasteiger partial charge is 0.271 e. The van der Waals surface area contributed by atoms with Crippen LogP contribution in [-0.4, -0.2) is 32.6 Å². The third-order valence-electron chi connectivity index (χ3n) is 2.09. The molecule has 94 valence electrons. The first kappa shape index (κ1) is 12.0. The summed E-state index contributed by atoms with van der Waals surface area (Å²) < 4.78 is 4.81. The molecule has 0 fully saturated rings. The number of hydrogen-bond acceptors (Lipinski definition) is 7. The summed E-state index contributed by atoms with van der Waals surface area (Å²) in [6.07, 6.45) is 3.21. The van der Waals surface area contributed by atoms with E-state index in [1.807, 2.05) is 0 Å². The highest BCUT2D eigenvalue weighted by Gasteiger charge is 2.08. The largest absolute Gasteiger partial charge is 0.382 e. The molecule has 0 atom stereocenters. The molecule has 2 aromatic heterocycles. The maximum absolute atomic E-state index is 11.7. The molecule has 0 saturated carbocycles. The summed E-state index contributed by atoms with van der Waals surface area (Å²) in [5, 5.41) is 6.38. The Bertz CT molecular complexity index is 553. The number of hydrogen-bond donors (Lipinski definition) is 2. The molecular formula is C10H12N6O2. The fourth-order valence-electron chi connectivity index (χ4n) is 1.31. The lowest BCUT2D eigenvalue weighted by molar-refractivity contribution is 0.0948. The number of carbonyl (C=O) groups excluding carboxylic acids is 1. The molecule has 0 aliphatic heterocycles. The monoisotopic (exact) mass is 248 g/mol. The zero-order chi connectivity index (χ0) is 13.0. The van der Waals surface area contributed by atoms with Crippen molar-refractivity contribution in [1.82, 2.24) is 25.4 Å². The van der Waals surface area contributed by atoms with Gasteiger partial charge in [-0.25, -0.2) is 4.98 Å². The maximum atomic E-state index is 11.7. The summed E-state index contributed by atoms with van der Waals surface area (Å²) in [6.45, 7) is 2.09. The van der Waals surface area contributed by atoms with Gasteiger partial charge in [0.25, 0.3) is 5.91 Å². The van der Waals surface area contributed by atoms with Crippen molar-refractivity contribution in [2.75, 3.05) is 12.3 Å². The molecule has 0 unspecified atom stereocenters. The van der Waals surface area contributed by atoms with E-state index in [4.69, 9.17) is 10.3 Å². The van der Waals surface area contributed by atoms with Gasteiger partial charge in [-0.2, -0.15) is 4.98 Å². The first-order valence-corrected chi connectivity index (χ1v) is 5.30. The Morgan fingerprint density at radius 3 is 2.94 bits per heavy atom. The Morgan fingerprint density at radius 2 is 2.28 bits per heavy atom. The van der Waals surface area contributed by atoms with Crippen LogP contribution in [0.1, 0.15) is 22.2 Å². The lowest BCUT2D eigenvalue weighted by Crippen LogP contribution is -2.27. The van der Waals surface area contributed by atoms with Crippen LogP contribution >= 0.6 is 0 Å². The minimum Gasteiger partial charge on any atom is -0.382 e. The molecule has 0 bridgehead atoms. The summed E-state index contributed by atoms with van der Waals surface area (Å²) in [7, 11) is 0. The molecule has 3 N–H and O–H groups in total. The number of aromatic nitrogens is 4. The van der Waals surface area contributed by atoms with Crippen LogP contribution in [0, 0.1) is 6.92 Å². The number of aryl methyl sites for hydroxylation is 1. The number of nitrogens with two attached hydrogens (primary N) is 1. The molecular weight excluding hydrogens is 236 g/mol.